The number of nitrogens with zero attached hydrogens (tertiary/aromatic N) is 2. The first kappa shape index (κ1) is 10.4. The molecular weight excluding hydrogens is 192 g/mol. The number of aromatic nitrogens is 1. The number of hydrogen-bond acceptors (Lipinski definition) is 4. The molecular formula is C11H16N2O2. The summed E-state index contributed by atoms with van der Waals surface area (Å²) in [6.45, 7) is 2.65. The van der Waals surface area contributed by atoms with Gasteiger partial charge in [0.25, 0.3) is 0 Å². The predicted molar refractivity (Wildman–Crippen MR) is 55.9 cm³/mol. The van der Waals surface area contributed by atoms with Gasteiger partial charge in [0.1, 0.15) is 11.5 Å². The molecule has 0 aromatic carbocycles. The van der Waals surface area contributed by atoms with E-state index in [0.29, 0.717) is 11.7 Å². The molecule has 0 radical (unpaired) electrons. The average Bonchev–Trinajstić information content (AvgIpc) is 2.77. The number of likely N-dealkylation sites (N-methyl/N-ethyl adjacent to an activating group) is 1. The van der Waals surface area contributed by atoms with Gasteiger partial charge in [-0.25, -0.2) is 0 Å². The van der Waals surface area contributed by atoms with E-state index in [2.05, 4.69) is 17.1 Å². The lowest BCUT2D eigenvalue weighted by atomic mass is 10.1. The van der Waals surface area contributed by atoms with Gasteiger partial charge in [-0.15, -0.1) is 0 Å². The molecule has 0 bridgehead atoms. The molecule has 4 nitrogen and oxygen atoms in total. The molecule has 1 aliphatic heterocycles. The van der Waals surface area contributed by atoms with Crippen LogP contribution in [0.15, 0.2) is 10.6 Å². The number of carbonyl (C=O) groups is 1. The van der Waals surface area contributed by atoms with Crippen molar-refractivity contribution < 1.29 is 9.32 Å². The molecule has 1 atom stereocenters. The summed E-state index contributed by atoms with van der Waals surface area (Å²) in [4.78, 5) is 13.4. The third-order valence-electron chi connectivity index (χ3n) is 3.03. The number of Topliss-reactive ketones (excluding diaryl/α,β-unsaturated/α-hetero) is 1. The van der Waals surface area contributed by atoms with Gasteiger partial charge in [0.2, 0.25) is 0 Å². The van der Waals surface area contributed by atoms with Crippen LogP contribution in [0.25, 0.3) is 0 Å². The van der Waals surface area contributed by atoms with Crippen molar-refractivity contribution in [2.45, 2.75) is 32.2 Å². The molecule has 0 saturated carbocycles. The smallest absolute Gasteiger partial charge is 0.181 e. The Morgan fingerprint density at radius 1 is 1.73 bits per heavy atom. The Morgan fingerprint density at radius 2 is 2.53 bits per heavy atom. The maximum Gasteiger partial charge on any atom is 0.181 e. The van der Waals surface area contributed by atoms with Crippen LogP contribution in [-0.2, 0) is 6.42 Å². The number of ketones is 1. The van der Waals surface area contributed by atoms with Gasteiger partial charge in [-0.05, 0) is 26.4 Å². The van der Waals surface area contributed by atoms with Crippen molar-refractivity contribution in [3.63, 3.8) is 0 Å². The Kier molecular flexibility index (Phi) is 2.86. The lowest BCUT2D eigenvalue weighted by Gasteiger charge is -2.17. The Bertz CT molecular complexity index is 359. The van der Waals surface area contributed by atoms with Gasteiger partial charge in [-0.1, -0.05) is 5.16 Å². The number of rotatable bonds is 3. The van der Waals surface area contributed by atoms with Crippen LogP contribution in [0.1, 0.15) is 36.0 Å². The molecule has 2 heterocycles. The molecule has 1 saturated heterocycles. The van der Waals surface area contributed by atoms with E-state index in [0.717, 1.165) is 18.7 Å². The summed E-state index contributed by atoms with van der Waals surface area (Å²) in [7, 11) is 2.12. The molecule has 1 aromatic rings. The highest BCUT2D eigenvalue weighted by Gasteiger charge is 2.22. The average molecular weight is 208 g/mol. The zero-order valence-corrected chi connectivity index (χ0v) is 9.19. The van der Waals surface area contributed by atoms with E-state index in [9.17, 15) is 4.79 Å². The Labute approximate surface area is 89.2 Å². The van der Waals surface area contributed by atoms with Crippen LogP contribution >= 0.6 is 0 Å². The number of carbonyl (C=O) groups excluding carboxylic acids is 1. The number of likely N-dealkylation sites (tertiary alicyclic amines) is 1. The molecule has 1 unspecified atom stereocenters. The SMILES string of the molecule is CC(=O)c1cc(CC2CCCN2C)on1. The van der Waals surface area contributed by atoms with Crippen molar-refractivity contribution in [3.05, 3.63) is 17.5 Å². The largest absolute Gasteiger partial charge is 0.361 e. The second-order valence-corrected chi connectivity index (χ2v) is 4.22. The van der Waals surface area contributed by atoms with E-state index in [1.807, 2.05) is 0 Å². The van der Waals surface area contributed by atoms with Crippen LogP contribution in [0.5, 0.6) is 0 Å². The fraction of sp³-hybridized carbons (Fsp3) is 0.636. The van der Waals surface area contributed by atoms with Gasteiger partial charge < -0.3 is 9.42 Å². The second kappa shape index (κ2) is 4.14. The number of hydrogen-bond donors (Lipinski definition) is 0. The van der Waals surface area contributed by atoms with E-state index >= 15 is 0 Å². The van der Waals surface area contributed by atoms with Crippen LogP contribution < -0.4 is 0 Å². The Balaban J connectivity index is 2.01. The van der Waals surface area contributed by atoms with E-state index in [-0.39, 0.29) is 5.78 Å². The highest BCUT2D eigenvalue weighted by molar-refractivity contribution is 5.91. The molecule has 82 valence electrons. The standard InChI is InChI=1S/C11H16N2O2/c1-8(14)11-7-10(15-12-11)6-9-4-3-5-13(9)2/h7,9H,3-6H2,1-2H3. The van der Waals surface area contributed by atoms with Gasteiger partial charge in [-0.3, -0.25) is 4.79 Å². The van der Waals surface area contributed by atoms with E-state index < -0.39 is 0 Å². The third kappa shape index (κ3) is 2.26. The van der Waals surface area contributed by atoms with Gasteiger partial charge >= 0.3 is 0 Å². The summed E-state index contributed by atoms with van der Waals surface area (Å²) in [6, 6.07) is 2.30. The second-order valence-electron chi connectivity index (χ2n) is 4.22. The van der Waals surface area contributed by atoms with Crippen molar-refractivity contribution in [1.82, 2.24) is 10.1 Å². The Morgan fingerprint density at radius 3 is 3.07 bits per heavy atom. The lowest BCUT2D eigenvalue weighted by molar-refractivity contribution is 0.100. The molecule has 1 fully saturated rings. The van der Waals surface area contributed by atoms with Gasteiger partial charge in [0, 0.05) is 25.5 Å². The highest BCUT2D eigenvalue weighted by atomic mass is 16.5. The predicted octanol–water partition coefficient (Wildman–Crippen LogP) is 1.51. The molecule has 4 heteroatoms. The molecule has 1 aromatic heterocycles. The van der Waals surface area contributed by atoms with Crippen LogP contribution in [0.4, 0.5) is 0 Å². The first-order valence-electron chi connectivity index (χ1n) is 5.33. The third-order valence-corrected chi connectivity index (χ3v) is 3.03. The summed E-state index contributed by atoms with van der Waals surface area (Å²) >= 11 is 0. The topological polar surface area (TPSA) is 46.3 Å². The molecule has 0 aliphatic carbocycles. The highest BCUT2D eigenvalue weighted by Crippen LogP contribution is 2.19. The first-order valence-corrected chi connectivity index (χ1v) is 5.33. The van der Waals surface area contributed by atoms with Crippen molar-refractivity contribution in [3.8, 4) is 0 Å². The van der Waals surface area contributed by atoms with Crippen LogP contribution in [0, 0.1) is 0 Å². The quantitative estimate of drug-likeness (QED) is 0.706. The zero-order valence-electron chi connectivity index (χ0n) is 9.19. The molecule has 2 rings (SSSR count). The van der Waals surface area contributed by atoms with Crippen molar-refractivity contribution in [2.75, 3.05) is 13.6 Å². The van der Waals surface area contributed by atoms with E-state index in [1.54, 1.807) is 6.07 Å². The van der Waals surface area contributed by atoms with E-state index in [1.165, 1.54) is 19.8 Å². The zero-order chi connectivity index (χ0) is 10.8. The molecule has 1 aliphatic rings. The summed E-state index contributed by atoms with van der Waals surface area (Å²) in [5, 5.41) is 3.74. The fourth-order valence-electron chi connectivity index (χ4n) is 2.04. The van der Waals surface area contributed by atoms with Crippen LogP contribution in [0.2, 0.25) is 0 Å². The summed E-state index contributed by atoms with van der Waals surface area (Å²) in [6.07, 6.45) is 3.30. The van der Waals surface area contributed by atoms with Crippen molar-refractivity contribution in [1.29, 1.82) is 0 Å². The Hall–Kier alpha value is -1.16. The minimum absolute atomic E-state index is 0.0372. The first-order chi connectivity index (χ1) is 7.16. The monoisotopic (exact) mass is 208 g/mol. The maximum atomic E-state index is 11.0. The van der Waals surface area contributed by atoms with Gasteiger partial charge in [0.05, 0.1) is 0 Å². The lowest BCUT2D eigenvalue weighted by Crippen LogP contribution is -2.26. The molecule has 15 heavy (non-hydrogen) atoms. The summed E-state index contributed by atoms with van der Waals surface area (Å²) < 4.78 is 5.14. The maximum absolute atomic E-state index is 11.0. The minimum atomic E-state index is -0.0372. The summed E-state index contributed by atoms with van der Waals surface area (Å²) in [5.74, 6) is 0.781. The molecule has 0 amide bonds. The normalized spacial score (nSPS) is 22.1. The van der Waals surface area contributed by atoms with Crippen molar-refractivity contribution in [2.24, 2.45) is 0 Å². The van der Waals surface area contributed by atoms with E-state index in [4.69, 9.17) is 4.52 Å². The van der Waals surface area contributed by atoms with Crippen molar-refractivity contribution >= 4 is 5.78 Å². The molecule has 0 N–H and O–H groups in total. The van der Waals surface area contributed by atoms with Crippen LogP contribution in [-0.4, -0.2) is 35.5 Å². The fourth-order valence-corrected chi connectivity index (χ4v) is 2.04. The van der Waals surface area contributed by atoms with Crippen LogP contribution in [0.3, 0.4) is 0 Å². The summed E-state index contributed by atoms with van der Waals surface area (Å²) in [5.41, 5.74) is 0.436. The molecule has 0 spiro atoms. The van der Waals surface area contributed by atoms with Gasteiger partial charge in [0.15, 0.2) is 5.78 Å². The van der Waals surface area contributed by atoms with Gasteiger partial charge in [-0.2, -0.15) is 0 Å². The minimum Gasteiger partial charge on any atom is -0.361 e.